The third-order valence-corrected chi connectivity index (χ3v) is 4.11. The molecular weight excluding hydrogens is 388 g/mol. The van der Waals surface area contributed by atoms with E-state index in [2.05, 4.69) is 25.6 Å². The number of carbonyl (C=O) groups is 2. The van der Waals surface area contributed by atoms with Crippen molar-refractivity contribution in [3.63, 3.8) is 0 Å². The summed E-state index contributed by atoms with van der Waals surface area (Å²) < 4.78 is 18.2. The van der Waals surface area contributed by atoms with Gasteiger partial charge in [-0.1, -0.05) is 23.7 Å². The zero-order valence-corrected chi connectivity index (χ0v) is 16.1. The van der Waals surface area contributed by atoms with Crippen molar-refractivity contribution in [2.45, 2.75) is 13.1 Å². The van der Waals surface area contributed by atoms with Crippen molar-refractivity contribution in [2.24, 2.45) is 0 Å². The van der Waals surface area contributed by atoms with Crippen LogP contribution in [0.3, 0.4) is 0 Å². The number of amides is 2. The molecule has 0 aliphatic rings. The number of methoxy groups -OCH3 is 1. The molecule has 2 amide bonds. The standard InChI is InChI=1S/C20H17BFN5O3/c1-30-18-5-3-13(9-23-18)10-25-20(29)17-7-16(26-11-27-17)19(28)24-8-12-2-4-15(22)14(21)6-12/h2-7,9,11H,8,10H2,1H3,(H,24,28)(H,25,29). The van der Waals surface area contributed by atoms with E-state index < -0.39 is 17.6 Å². The maximum atomic E-state index is 13.2. The Hall–Kier alpha value is -3.82. The van der Waals surface area contributed by atoms with Crippen LogP contribution in [0.5, 0.6) is 5.88 Å². The van der Waals surface area contributed by atoms with E-state index in [0.717, 1.165) is 11.9 Å². The first kappa shape index (κ1) is 20.9. The van der Waals surface area contributed by atoms with Crippen molar-refractivity contribution < 1.29 is 18.7 Å². The van der Waals surface area contributed by atoms with Crippen LogP contribution in [0.1, 0.15) is 32.1 Å². The third-order valence-electron chi connectivity index (χ3n) is 4.11. The van der Waals surface area contributed by atoms with Crippen LogP contribution in [0.25, 0.3) is 0 Å². The summed E-state index contributed by atoms with van der Waals surface area (Å²) in [6.45, 7) is 0.354. The second kappa shape index (κ2) is 9.59. The van der Waals surface area contributed by atoms with Gasteiger partial charge in [0.25, 0.3) is 11.8 Å². The molecule has 1 aromatic carbocycles. The van der Waals surface area contributed by atoms with Gasteiger partial charge in [-0.2, -0.15) is 0 Å². The summed E-state index contributed by atoms with van der Waals surface area (Å²) >= 11 is 0. The summed E-state index contributed by atoms with van der Waals surface area (Å²) in [5, 5.41) is 5.33. The van der Waals surface area contributed by atoms with Crippen molar-refractivity contribution in [3.05, 3.63) is 77.3 Å². The molecule has 3 aromatic rings. The first-order chi connectivity index (χ1) is 14.5. The van der Waals surface area contributed by atoms with Gasteiger partial charge in [0.05, 0.1) is 7.11 Å². The molecular formula is C20H17BFN5O3. The molecule has 150 valence electrons. The molecule has 0 saturated heterocycles. The normalized spacial score (nSPS) is 10.3. The van der Waals surface area contributed by atoms with E-state index in [4.69, 9.17) is 12.6 Å². The number of hydrogen-bond donors (Lipinski definition) is 2. The van der Waals surface area contributed by atoms with Crippen molar-refractivity contribution in [2.75, 3.05) is 7.11 Å². The topological polar surface area (TPSA) is 106 Å². The molecule has 2 N–H and O–H groups in total. The van der Waals surface area contributed by atoms with Gasteiger partial charge in [-0.05, 0) is 17.2 Å². The van der Waals surface area contributed by atoms with Crippen molar-refractivity contribution in [3.8, 4) is 5.88 Å². The maximum Gasteiger partial charge on any atom is 0.270 e. The van der Waals surface area contributed by atoms with E-state index in [9.17, 15) is 14.0 Å². The molecule has 30 heavy (non-hydrogen) atoms. The molecule has 0 bridgehead atoms. The van der Waals surface area contributed by atoms with Gasteiger partial charge in [-0.3, -0.25) is 9.59 Å². The summed E-state index contributed by atoms with van der Waals surface area (Å²) in [5.41, 5.74) is 1.46. The number of hydrogen-bond acceptors (Lipinski definition) is 6. The molecule has 8 nitrogen and oxygen atoms in total. The van der Waals surface area contributed by atoms with Gasteiger partial charge >= 0.3 is 0 Å². The Kier molecular flexibility index (Phi) is 6.69. The highest BCUT2D eigenvalue weighted by atomic mass is 19.1. The van der Waals surface area contributed by atoms with E-state index in [1.165, 1.54) is 31.4 Å². The lowest BCUT2D eigenvalue weighted by molar-refractivity contribution is 0.0944. The Bertz CT molecular complexity index is 1060. The average Bonchev–Trinajstić information content (AvgIpc) is 2.78. The second-order valence-corrected chi connectivity index (χ2v) is 6.22. The van der Waals surface area contributed by atoms with Crippen LogP contribution >= 0.6 is 0 Å². The number of halogens is 1. The summed E-state index contributed by atoms with van der Waals surface area (Å²) in [7, 11) is 7.03. The number of nitrogens with zero attached hydrogens (tertiary/aromatic N) is 3. The third kappa shape index (κ3) is 5.37. The number of benzene rings is 1. The zero-order valence-electron chi connectivity index (χ0n) is 16.1. The highest BCUT2D eigenvalue weighted by molar-refractivity contribution is 6.32. The summed E-state index contributed by atoms with van der Waals surface area (Å²) in [5.74, 6) is -1.02. The molecule has 0 saturated carbocycles. The van der Waals surface area contributed by atoms with Crippen LogP contribution in [-0.4, -0.2) is 41.7 Å². The first-order valence-corrected chi connectivity index (χ1v) is 8.87. The lowest BCUT2D eigenvalue weighted by atomic mass is 9.93. The van der Waals surface area contributed by atoms with Gasteiger partial charge in [0.1, 0.15) is 31.4 Å². The fourth-order valence-corrected chi connectivity index (χ4v) is 2.49. The number of ether oxygens (including phenoxy) is 1. The zero-order chi connectivity index (χ0) is 21.5. The van der Waals surface area contributed by atoms with Gasteiger partial charge in [-0.15, -0.1) is 0 Å². The quantitative estimate of drug-likeness (QED) is 0.560. The van der Waals surface area contributed by atoms with Crippen molar-refractivity contribution >= 4 is 25.1 Å². The van der Waals surface area contributed by atoms with Crippen LogP contribution in [0.2, 0.25) is 0 Å². The predicted molar refractivity (Wildman–Crippen MR) is 107 cm³/mol. The van der Waals surface area contributed by atoms with Crippen molar-refractivity contribution in [1.82, 2.24) is 25.6 Å². The molecule has 0 spiro atoms. The van der Waals surface area contributed by atoms with Gasteiger partial charge in [0.2, 0.25) is 5.88 Å². The number of carbonyl (C=O) groups excluding carboxylic acids is 2. The smallest absolute Gasteiger partial charge is 0.270 e. The monoisotopic (exact) mass is 405 g/mol. The second-order valence-electron chi connectivity index (χ2n) is 6.22. The van der Waals surface area contributed by atoms with Gasteiger partial charge in [0, 0.05) is 31.4 Å². The van der Waals surface area contributed by atoms with Crippen molar-refractivity contribution in [1.29, 1.82) is 0 Å². The summed E-state index contributed by atoms with van der Waals surface area (Å²) in [4.78, 5) is 36.5. The lowest BCUT2D eigenvalue weighted by Crippen LogP contribution is -2.27. The van der Waals surface area contributed by atoms with E-state index in [1.807, 2.05) is 0 Å². The number of nitrogens with one attached hydrogen (secondary N) is 2. The fourth-order valence-electron chi connectivity index (χ4n) is 2.49. The SMILES string of the molecule is [B]c1cc(CNC(=O)c2cc(C(=O)NCc3ccc(OC)nc3)ncn2)ccc1F. The minimum Gasteiger partial charge on any atom is -0.481 e. The lowest BCUT2D eigenvalue weighted by Gasteiger charge is -2.08. The molecule has 2 radical (unpaired) electrons. The average molecular weight is 405 g/mol. The van der Waals surface area contributed by atoms with E-state index in [1.54, 1.807) is 18.3 Å². The van der Waals surface area contributed by atoms with E-state index >= 15 is 0 Å². The highest BCUT2D eigenvalue weighted by Gasteiger charge is 2.13. The number of pyridine rings is 1. The maximum absolute atomic E-state index is 13.2. The minimum absolute atomic E-state index is 0.00481. The Morgan fingerprint density at radius 2 is 1.60 bits per heavy atom. The molecule has 0 unspecified atom stereocenters. The van der Waals surface area contributed by atoms with Gasteiger partial charge < -0.3 is 15.4 Å². The summed E-state index contributed by atoms with van der Waals surface area (Å²) in [6, 6.07) is 8.91. The fraction of sp³-hybridized carbons (Fsp3) is 0.150. The molecule has 3 rings (SSSR count). The van der Waals surface area contributed by atoms with Gasteiger partial charge in [0.15, 0.2) is 0 Å². The molecule has 2 aromatic heterocycles. The molecule has 2 heterocycles. The van der Waals surface area contributed by atoms with Crippen LogP contribution in [-0.2, 0) is 13.1 Å². The van der Waals surface area contributed by atoms with Gasteiger partial charge in [-0.25, -0.2) is 19.3 Å². The largest absolute Gasteiger partial charge is 0.481 e. The Balaban J connectivity index is 1.58. The molecule has 0 aliphatic heterocycles. The molecule has 0 fully saturated rings. The van der Waals surface area contributed by atoms with E-state index in [-0.39, 0.29) is 29.9 Å². The van der Waals surface area contributed by atoms with Crippen LogP contribution in [0.15, 0.2) is 48.9 Å². The Morgan fingerprint density at radius 1 is 0.967 bits per heavy atom. The number of aromatic nitrogens is 3. The van der Waals surface area contributed by atoms with E-state index in [0.29, 0.717) is 11.4 Å². The highest BCUT2D eigenvalue weighted by Crippen LogP contribution is 2.07. The molecule has 0 aliphatic carbocycles. The van der Waals surface area contributed by atoms with Crippen LogP contribution in [0, 0.1) is 5.82 Å². The number of rotatable bonds is 7. The predicted octanol–water partition coefficient (Wildman–Crippen LogP) is 0.673. The summed E-state index contributed by atoms with van der Waals surface area (Å²) in [6.07, 6.45) is 2.72. The Morgan fingerprint density at radius 3 is 2.17 bits per heavy atom. The van der Waals surface area contributed by atoms with Crippen LogP contribution in [0.4, 0.5) is 4.39 Å². The Labute approximate surface area is 173 Å². The molecule has 0 atom stereocenters. The first-order valence-electron chi connectivity index (χ1n) is 8.87. The minimum atomic E-state index is -0.526. The molecule has 10 heteroatoms. The van der Waals surface area contributed by atoms with Crippen LogP contribution < -0.4 is 20.8 Å².